The SMILES string of the molecule is CN1CCC=C(C(=N)c2ccccc2O)C1. The van der Waals surface area contributed by atoms with Crippen LogP contribution in [0.15, 0.2) is 35.9 Å². The summed E-state index contributed by atoms with van der Waals surface area (Å²) in [5.41, 5.74) is 2.05. The first-order valence-electron chi connectivity index (χ1n) is 5.43. The van der Waals surface area contributed by atoms with Crippen LogP contribution in [0.4, 0.5) is 0 Å². The van der Waals surface area contributed by atoms with E-state index in [2.05, 4.69) is 11.0 Å². The molecule has 2 N–H and O–H groups in total. The summed E-state index contributed by atoms with van der Waals surface area (Å²) < 4.78 is 0. The second-order valence-electron chi connectivity index (χ2n) is 4.15. The fraction of sp³-hybridized carbons (Fsp3) is 0.308. The molecule has 0 unspecified atom stereocenters. The Morgan fingerprint density at radius 3 is 2.81 bits per heavy atom. The van der Waals surface area contributed by atoms with E-state index in [4.69, 9.17) is 5.41 Å². The number of hydrogen-bond donors (Lipinski definition) is 2. The summed E-state index contributed by atoms with van der Waals surface area (Å²) in [5.74, 6) is 0.182. The molecular weight excluding hydrogens is 200 g/mol. The first-order valence-corrected chi connectivity index (χ1v) is 5.43. The molecule has 1 aromatic carbocycles. The van der Waals surface area contributed by atoms with Gasteiger partial charge < -0.3 is 10.0 Å². The Kier molecular flexibility index (Phi) is 3.06. The highest BCUT2D eigenvalue weighted by Gasteiger charge is 2.15. The molecule has 16 heavy (non-hydrogen) atoms. The molecule has 0 bridgehead atoms. The highest BCUT2D eigenvalue weighted by atomic mass is 16.3. The lowest BCUT2D eigenvalue weighted by molar-refractivity contribution is 0.360. The second kappa shape index (κ2) is 4.49. The largest absolute Gasteiger partial charge is 0.507 e. The number of aromatic hydroxyl groups is 1. The molecule has 3 nitrogen and oxygen atoms in total. The van der Waals surface area contributed by atoms with Gasteiger partial charge in [0.2, 0.25) is 0 Å². The minimum Gasteiger partial charge on any atom is -0.507 e. The Morgan fingerprint density at radius 1 is 1.38 bits per heavy atom. The summed E-state index contributed by atoms with van der Waals surface area (Å²) in [6.07, 6.45) is 3.07. The van der Waals surface area contributed by atoms with E-state index >= 15 is 0 Å². The predicted molar refractivity (Wildman–Crippen MR) is 65.1 cm³/mol. The predicted octanol–water partition coefficient (Wildman–Crippen LogP) is 2.02. The van der Waals surface area contributed by atoms with Crippen LogP contribution in [0.1, 0.15) is 12.0 Å². The first kappa shape index (κ1) is 10.9. The molecule has 1 aliphatic rings. The zero-order valence-electron chi connectivity index (χ0n) is 9.40. The molecular formula is C13H16N2O. The van der Waals surface area contributed by atoms with E-state index in [1.807, 2.05) is 13.1 Å². The van der Waals surface area contributed by atoms with Crippen LogP contribution in [0.25, 0.3) is 0 Å². The van der Waals surface area contributed by atoms with E-state index in [1.54, 1.807) is 18.2 Å². The van der Waals surface area contributed by atoms with E-state index in [9.17, 15) is 5.11 Å². The van der Waals surface area contributed by atoms with Crippen molar-refractivity contribution in [2.75, 3.05) is 20.1 Å². The summed E-state index contributed by atoms with van der Waals surface area (Å²) in [7, 11) is 2.05. The molecule has 0 atom stereocenters. The topological polar surface area (TPSA) is 47.3 Å². The lowest BCUT2D eigenvalue weighted by Gasteiger charge is -2.23. The van der Waals surface area contributed by atoms with Crippen molar-refractivity contribution < 1.29 is 5.11 Å². The van der Waals surface area contributed by atoms with Crippen molar-refractivity contribution in [2.45, 2.75) is 6.42 Å². The highest BCUT2D eigenvalue weighted by Crippen LogP contribution is 2.21. The third-order valence-corrected chi connectivity index (χ3v) is 2.84. The van der Waals surface area contributed by atoms with Gasteiger partial charge in [-0.3, -0.25) is 5.41 Å². The standard InChI is InChI=1S/C13H16N2O/c1-15-8-4-5-10(9-15)13(14)11-6-2-3-7-12(11)16/h2-3,5-7,14,16H,4,8-9H2,1H3. The maximum Gasteiger partial charge on any atom is 0.124 e. The number of phenols is 1. The number of rotatable bonds is 2. The van der Waals surface area contributed by atoms with Gasteiger partial charge in [-0.25, -0.2) is 0 Å². The van der Waals surface area contributed by atoms with Crippen LogP contribution in [0, 0.1) is 5.41 Å². The van der Waals surface area contributed by atoms with Crippen molar-refractivity contribution >= 4 is 5.71 Å². The van der Waals surface area contributed by atoms with Gasteiger partial charge in [-0.1, -0.05) is 18.2 Å². The minimum absolute atomic E-state index is 0.182. The number of hydrogen-bond acceptors (Lipinski definition) is 3. The molecule has 2 rings (SSSR count). The van der Waals surface area contributed by atoms with Crippen molar-refractivity contribution in [3.05, 3.63) is 41.5 Å². The molecule has 0 saturated heterocycles. The smallest absolute Gasteiger partial charge is 0.124 e. The van der Waals surface area contributed by atoms with Crippen molar-refractivity contribution in [1.82, 2.24) is 4.90 Å². The number of para-hydroxylation sites is 1. The number of likely N-dealkylation sites (N-methyl/N-ethyl adjacent to an activating group) is 1. The van der Waals surface area contributed by atoms with Crippen molar-refractivity contribution in [2.24, 2.45) is 0 Å². The average molecular weight is 216 g/mol. The van der Waals surface area contributed by atoms with E-state index in [-0.39, 0.29) is 5.75 Å². The third kappa shape index (κ3) is 2.14. The van der Waals surface area contributed by atoms with Crippen LogP contribution in [-0.2, 0) is 0 Å². The number of nitrogens with zero attached hydrogens (tertiary/aromatic N) is 1. The van der Waals surface area contributed by atoms with Crippen LogP contribution in [0.3, 0.4) is 0 Å². The maximum atomic E-state index is 9.70. The van der Waals surface area contributed by atoms with Gasteiger partial charge >= 0.3 is 0 Å². The van der Waals surface area contributed by atoms with Crippen molar-refractivity contribution in [3.8, 4) is 5.75 Å². The van der Waals surface area contributed by atoms with E-state index in [0.29, 0.717) is 11.3 Å². The first-order chi connectivity index (χ1) is 7.68. The van der Waals surface area contributed by atoms with Crippen LogP contribution < -0.4 is 0 Å². The van der Waals surface area contributed by atoms with Gasteiger partial charge in [0.1, 0.15) is 5.75 Å². The lowest BCUT2D eigenvalue weighted by atomic mass is 9.98. The van der Waals surface area contributed by atoms with Gasteiger partial charge in [0.25, 0.3) is 0 Å². The van der Waals surface area contributed by atoms with Gasteiger partial charge in [-0.2, -0.15) is 0 Å². The summed E-state index contributed by atoms with van der Waals surface area (Å²) in [5, 5.41) is 17.8. The van der Waals surface area contributed by atoms with Crippen LogP contribution in [-0.4, -0.2) is 35.9 Å². The van der Waals surface area contributed by atoms with Crippen LogP contribution in [0.2, 0.25) is 0 Å². The summed E-state index contributed by atoms with van der Waals surface area (Å²) in [6, 6.07) is 7.02. The molecule has 1 aromatic rings. The van der Waals surface area contributed by atoms with Crippen LogP contribution >= 0.6 is 0 Å². The van der Waals surface area contributed by atoms with Crippen molar-refractivity contribution in [3.63, 3.8) is 0 Å². The number of phenolic OH excluding ortho intramolecular Hbond substituents is 1. The monoisotopic (exact) mass is 216 g/mol. The Bertz CT molecular complexity index is 437. The molecule has 0 aliphatic carbocycles. The second-order valence-corrected chi connectivity index (χ2v) is 4.15. The third-order valence-electron chi connectivity index (χ3n) is 2.84. The van der Waals surface area contributed by atoms with Gasteiger partial charge in [0, 0.05) is 18.7 Å². The van der Waals surface area contributed by atoms with Gasteiger partial charge in [0.05, 0.1) is 5.71 Å². The molecule has 1 heterocycles. The van der Waals surface area contributed by atoms with Crippen molar-refractivity contribution in [1.29, 1.82) is 5.41 Å². The van der Waals surface area contributed by atoms with E-state index in [0.717, 1.165) is 25.1 Å². The van der Waals surface area contributed by atoms with E-state index in [1.165, 1.54) is 0 Å². The molecule has 1 aliphatic heterocycles. The molecule has 0 amide bonds. The van der Waals surface area contributed by atoms with E-state index < -0.39 is 0 Å². The van der Waals surface area contributed by atoms with Gasteiger partial charge in [-0.15, -0.1) is 0 Å². The van der Waals surface area contributed by atoms with Crippen LogP contribution in [0.5, 0.6) is 5.75 Å². The Hall–Kier alpha value is -1.61. The molecule has 3 heteroatoms. The zero-order chi connectivity index (χ0) is 11.5. The lowest BCUT2D eigenvalue weighted by Crippen LogP contribution is -2.28. The Labute approximate surface area is 95.5 Å². The minimum atomic E-state index is 0.182. The van der Waals surface area contributed by atoms with Gasteiger partial charge in [0.15, 0.2) is 0 Å². The maximum absolute atomic E-state index is 9.70. The summed E-state index contributed by atoms with van der Waals surface area (Å²) >= 11 is 0. The Balaban J connectivity index is 2.26. The number of nitrogens with one attached hydrogen (secondary N) is 1. The Morgan fingerprint density at radius 2 is 2.12 bits per heavy atom. The normalized spacial score (nSPS) is 16.9. The fourth-order valence-corrected chi connectivity index (χ4v) is 1.93. The zero-order valence-corrected chi connectivity index (χ0v) is 9.40. The summed E-state index contributed by atoms with van der Waals surface area (Å²) in [6.45, 7) is 1.82. The number of benzene rings is 1. The highest BCUT2D eigenvalue weighted by molar-refractivity contribution is 6.12. The molecule has 84 valence electrons. The average Bonchev–Trinajstić information content (AvgIpc) is 2.29. The van der Waals surface area contributed by atoms with Gasteiger partial charge in [-0.05, 0) is 31.2 Å². The molecule has 0 radical (unpaired) electrons. The molecule has 0 spiro atoms. The molecule has 0 fully saturated rings. The quantitative estimate of drug-likeness (QED) is 0.743. The molecule has 0 saturated carbocycles. The summed E-state index contributed by atoms with van der Waals surface area (Å²) in [4.78, 5) is 2.18. The fourth-order valence-electron chi connectivity index (χ4n) is 1.93. The molecule has 0 aromatic heterocycles.